The summed E-state index contributed by atoms with van der Waals surface area (Å²) in [5.41, 5.74) is 0. The molecule has 1 unspecified atom stereocenters. The third-order valence-corrected chi connectivity index (χ3v) is 5.47. The maximum atomic E-state index is 12.1. The number of aliphatic hydroxyl groups is 1. The quantitative estimate of drug-likeness (QED) is 0.111. The van der Waals surface area contributed by atoms with E-state index in [1.807, 2.05) is 42.5 Å². The van der Waals surface area contributed by atoms with Crippen molar-refractivity contribution in [1.82, 2.24) is 15.5 Å². The number of fused-ring (bicyclic) bond motifs is 1. The van der Waals surface area contributed by atoms with Gasteiger partial charge in [0, 0.05) is 50.3 Å². The Bertz CT molecular complexity index is 1110. The number of carbonyl (C=O) groups excluding carboxylic acids is 1. The van der Waals surface area contributed by atoms with Crippen LogP contribution in [-0.2, 0) is 14.4 Å². The van der Waals surface area contributed by atoms with Crippen molar-refractivity contribution in [2.45, 2.75) is 25.0 Å². The van der Waals surface area contributed by atoms with Crippen LogP contribution in [0.25, 0.3) is 10.8 Å². The van der Waals surface area contributed by atoms with Crippen LogP contribution in [-0.4, -0.2) is 94.8 Å². The minimum absolute atomic E-state index is 0.161. The number of likely N-dealkylation sites (tertiary alicyclic amines) is 1. The molecule has 1 aliphatic heterocycles. The van der Waals surface area contributed by atoms with Crippen molar-refractivity contribution in [2.24, 2.45) is 0 Å². The van der Waals surface area contributed by atoms with Gasteiger partial charge in [0.15, 0.2) is 0 Å². The van der Waals surface area contributed by atoms with Crippen molar-refractivity contribution in [1.29, 1.82) is 0 Å². The molecule has 1 saturated heterocycles. The Kier molecular flexibility index (Phi) is 13.0. The monoisotopic (exact) mass is 548 g/mol. The van der Waals surface area contributed by atoms with Crippen LogP contribution in [0.15, 0.2) is 54.6 Å². The Morgan fingerprint density at radius 2 is 1.69 bits per heavy atom. The standard InChI is InChI=1S/C21H28N4O6.C4H4O4/c26-17(15-30-20-7-3-5-16-4-1-2-6-19(16)20)14-22-10-11-23-21(27)24-12-8-18(9-13-24)31-25(28)29;5-3(6)1-2-4(7)8/h1-7,17-18,22,26H,8-15H2,(H,23,27);1-2H,(H,5,6)(H,7,8). The van der Waals surface area contributed by atoms with Gasteiger partial charge in [0.25, 0.3) is 5.09 Å². The van der Waals surface area contributed by atoms with Crippen LogP contribution in [0.3, 0.4) is 0 Å². The molecule has 1 atom stereocenters. The molecule has 1 fully saturated rings. The van der Waals surface area contributed by atoms with E-state index in [0.29, 0.717) is 57.7 Å². The van der Waals surface area contributed by atoms with E-state index in [1.54, 1.807) is 4.90 Å². The molecule has 2 amide bonds. The number of benzene rings is 2. The van der Waals surface area contributed by atoms with E-state index >= 15 is 0 Å². The van der Waals surface area contributed by atoms with E-state index in [2.05, 4.69) is 15.5 Å². The number of aliphatic hydroxyl groups excluding tert-OH is 1. The minimum Gasteiger partial charge on any atom is -0.490 e. The molecule has 2 aromatic rings. The van der Waals surface area contributed by atoms with Crippen molar-refractivity contribution in [3.05, 3.63) is 64.7 Å². The number of amides is 2. The lowest BCUT2D eigenvalue weighted by Gasteiger charge is -2.30. The first-order valence-electron chi connectivity index (χ1n) is 12.1. The molecule has 5 N–H and O–H groups in total. The topological polar surface area (TPSA) is 201 Å². The molecule has 14 heteroatoms. The molecule has 0 radical (unpaired) electrons. The van der Waals surface area contributed by atoms with Crippen LogP contribution in [0, 0.1) is 10.1 Å². The first-order chi connectivity index (χ1) is 18.7. The lowest BCUT2D eigenvalue weighted by Crippen LogP contribution is -2.47. The van der Waals surface area contributed by atoms with Crippen LogP contribution >= 0.6 is 0 Å². The summed E-state index contributed by atoms with van der Waals surface area (Å²) >= 11 is 0. The van der Waals surface area contributed by atoms with E-state index in [4.69, 9.17) is 14.9 Å². The van der Waals surface area contributed by atoms with Crippen LogP contribution in [0.4, 0.5) is 4.79 Å². The number of hydrogen-bond donors (Lipinski definition) is 5. The Hall–Kier alpha value is -4.43. The number of carboxylic acid groups (broad SMARTS) is 2. The maximum absolute atomic E-state index is 12.1. The molecule has 1 aliphatic rings. The molecule has 212 valence electrons. The molecule has 0 aliphatic carbocycles. The number of hydrogen-bond acceptors (Lipinski definition) is 9. The predicted octanol–water partition coefficient (Wildman–Crippen LogP) is 1.26. The average molecular weight is 549 g/mol. The molecule has 3 rings (SSSR count). The first kappa shape index (κ1) is 30.8. The zero-order chi connectivity index (χ0) is 28.6. The van der Waals surface area contributed by atoms with Crippen LogP contribution in [0.1, 0.15) is 12.8 Å². The molecule has 0 spiro atoms. The second kappa shape index (κ2) is 16.4. The van der Waals surface area contributed by atoms with Crippen molar-refractivity contribution in [3.63, 3.8) is 0 Å². The molecule has 1 heterocycles. The first-order valence-corrected chi connectivity index (χ1v) is 12.1. The molecular formula is C25H32N4O10. The number of ether oxygens (including phenoxy) is 1. The zero-order valence-corrected chi connectivity index (χ0v) is 21.1. The number of nitrogens with zero attached hydrogens (tertiary/aromatic N) is 2. The van der Waals surface area contributed by atoms with Gasteiger partial charge in [0.2, 0.25) is 0 Å². The molecule has 2 aromatic carbocycles. The van der Waals surface area contributed by atoms with Gasteiger partial charge in [-0.25, -0.2) is 14.4 Å². The van der Waals surface area contributed by atoms with Gasteiger partial charge in [-0.3, -0.25) is 0 Å². The number of carbonyl (C=O) groups is 3. The number of piperidine rings is 1. The fourth-order valence-corrected chi connectivity index (χ4v) is 3.63. The average Bonchev–Trinajstić information content (AvgIpc) is 2.91. The molecule has 0 bridgehead atoms. The predicted molar refractivity (Wildman–Crippen MR) is 139 cm³/mol. The van der Waals surface area contributed by atoms with E-state index in [9.17, 15) is 29.6 Å². The number of rotatable bonds is 12. The fourth-order valence-electron chi connectivity index (χ4n) is 3.63. The normalized spacial score (nSPS) is 14.2. The van der Waals surface area contributed by atoms with Gasteiger partial charge in [-0.1, -0.05) is 36.4 Å². The Labute approximate surface area is 223 Å². The zero-order valence-electron chi connectivity index (χ0n) is 21.1. The van der Waals surface area contributed by atoms with Crippen molar-refractivity contribution in [2.75, 3.05) is 39.3 Å². The van der Waals surface area contributed by atoms with E-state index < -0.39 is 29.2 Å². The second-order valence-corrected chi connectivity index (χ2v) is 8.40. The smallest absolute Gasteiger partial charge is 0.328 e. The highest BCUT2D eigenvalue weighted by molar-refractivity contribution is 5.89. The van der Waals surface area contributed by atoms with Gasteiger partial charge in [0.05, 0.1) is 0 Å². The lowest BCUT2D eigenvalue weighted by atomic mass is 10.1. The molecule has 0 aromatic heterocycles. The van der Waals surface area contributed by atoms with Gasteiger partial charge < -0.3 is 40.4 Å². The molecule has 39 heavy (non-hydrogen) atoms. The van der Waals surface area contributed by atoms with Crippen LogP contribution < -0.4 is 15.4 Å². The van der Waals surface area contributed by atoms with Crippen LogP contribution in [0.2, 0.25) is 0 Å². The van der Waals surface area contributed by atoms with Crippen molar-refractivity contribution >= 4 is 28.7 Å². The summed E-state index contributed by atoms with van der Waals surface area (Å²) in [4.78, 5) is 47.8. The van der Waals surface area contributed by atoms with Crippen molar-refractivity contribution < 1.29 is 44.4 Å². The Morgan fingerprint density at radius 3 is 2.33 bits per heavy atom. The van der Waals surface area contributed by atoms with Crippen LogP contribution in [0.5, 0.6) is 5.75 Å². The highest BCUT2D eigenvalue weighted by Crippen LogP contribution is 2.25. The summed E-state index contributed by atoms with van der Waals surface area (Å²) in [6, 6.07) is 13.5. The highest BCUT2D eigenvalue weighted by atomic mass is 17.0. The lowest BCUT2D eigenvalue weighted by molar-refractivity contribution is -0.769. The molecule has 0 saturated carbocycles. The van der Waals surface area contributed by atoms with Gasteiger partial charge in [-0.2, -0.15) is 0 Å². The molecule has 14 nitrogen and oxygen atoms in total. The fraction of sp³-hybridized carbons (Fsp3) is 0.400. The van der Waals surface area contributed by atoms with Gasteiger partial charge in [-0.15, -0.1) is 10.1 Å². The summed E-state index contributed by atoms with van der Waals surface area (Å²) in [6.07, 6.45) is 0.865. The Balaban J connectivity index is 0.000000580. The van der Waals surface area contributed by atoms with Gasteiger partial charge >= 0.3 is 18.0 Å². The summed E-state index contributed by atoms with van der Waals surface area (Å²) < 4.78 is 5.77. The van der Waals surface area contributed by atoms with Gasteiger partial charge in [0.1, 0.15) is 24.6 Å². The second-order valence-electron chi connectivity index (χ2n) is 8.40. The summed E-state index contributed by atoms with van der Waals surface area (Å²) in [6.45, 7) is 2.24. The third kappa shape index (κ3) is 12.1. The number of urea groups is 1. The highest BCUT2D eigenvalue weighted by Gasteiger charge is 2.24. The summed E-state index contributed by atoms with van der Waals surface area (Å²) in [5, 5.41) is 43.3. The molecular weight excluding hydrogens is 516 g/mol. The number of nitrogens with one attached hydrogen (secondary N) is 2. The van der Waals surface area contributed by atoms with E-state index in [-0.39, 0.29) is 12.6 Å². The van der Waals surface area contributed by atoms with Gasteiger partial charge in [-0.05, 0) is 24.3 Å². The minimum atomic E-state index is -1.26. The maximum Gasteiger partial charge on any atom is 0.328 e. The Morgan fingerprint density at radius 1 is 1.05 bits per heavy atom. The SMILES string of the molecule is O=C(NCCNCC(O)COc1cccc2ccccc12)N1CCC(O[N+](=O)[O-])CC1.O=C(O)C=CC(=O)O. The van der Waals surface area contributed by atoms with Crippen molar-refractivity contribution in [3.8, 4) is 5.75 Å². The van der Waals surface area contributed by atoms with E-state index in [0.717, 1.165) is 16.5 Å². The third-order valence-electron chi connectivity index (χ3n) is 5.47. The summed E-state index contributed by atoms with van der Waals surface area (Å²) in [7, 11) is 0. The number of aliphatic carboxylic acids is 2. The largest absolute Gasteiger partial charge is 0.490 e. The van der Waals surface area contributed by atoms with E-state index in [1.165, 1.54) is 0 Å². The summed E-state index contributed by atoms with van der Waals surface area (Å²) in [5.74, 6) is -1.78. The number of carboxylic acids is 2.